The molecule has 0 saturated heterocycles. The summed E-state index contributed by atoms with van der Waals surface area (Å²) in [5, 5.41) is 0. The summed E-state index contributed by atoms with van der Waals surface area (Å²) < 4.78 is 4.87. The van der Waals surface area contributed by atoms with Crippen molar-refractivity contribution in [2.75, 3.05) is 0 Å². The van der Waals surface area contributed by atoms with E-state index in [1.807, 2.05) is 0 Å². The molecule has 0 aromatic carbocycles. The monoisotopic (exact) mass is 188 g/mol. The third kappa shape index (κ3) is 8.86. The Balaban J connectivity index is 3.90. The molecular formula is C4H10ClO2PS. The van der Waals surface area contributed by atoms with Crippen molar-refractivity contribution < 1.29 is 9.42 Å². The fourth-order valence-electron chi connectivity index (χ4n) is 0.338. The summed E-state index contributed by atoms with van der Waals surface area (Å²) in [4.78, 5) is 8.82. The molecule has 0 spiro atoms. The Morgan fingerprint density at radius 1 is 1.56 bits per heavy atom. The van der Waals surface area contributed by atoms with Gasteiger partial charge in [0.25, 0.3) is 5.84 Å². The van der Waals surface area contributed by atoms with Gasteiger partial charge in [0.1, 0.15) is 0 Å². The van der Waals surface area contributed by atoms with E-state index in [9.17, 15) is 0 Å². The van der Waals surface area contributed by atoms with E-state index in [4.69, 9.17) is 20.7 Å². The molecule has 5 heteroatoms. The lowest BCUT2D eigenvalue weighted by molar-refractivity contribution is 0.137. The topological polar surface area (TPSA) is 29.5 Å². The molecule has 0 bridgehead atoms. The van der Waals surface area contributed by atoms with Crippen molar-refractivity contribution in [3.63, 3.8) is 0 Å². The first-order valence-electron chi connectivity index (χ1n) is 2.44. The van der Waals surface area contributed by atoms with Crippen LogP contribution in [0.25, 0.3) is 0 Å². The average molecular weight is 189 g/mol. The van der Waals surface area contributed by atoms with E-state index in [-0.39, 0.29) is 0 Å². The second-order valence-electron chi connectivity index (χ2n) is 2.66. The van der Waals surface area contributed by atoms with E-state index >= 15 is 0 Å². The normalized spacial score (nSPS) is 19.2. The molecule has 0 radical (unpaired) electrons. The Labute approximate surface area is 65.1 Å². The molecule has 1 unspecified atom stereocenters. The molecule has 0 aliphatic carbocycles. The molecule has 0 aliphatic heterocycles. The van der Waals surface area contributed by atoms with Gasteiger partial charge in [0.2, 0.25) is 0 Å². The third-order valence-corrected chi connectivity index (χ3v) is 1.59. The highest BCUT2D eigenvalue weighted by Gasteiger charge is 2.19. The molecule has 0 aromatic heterocycles. The summed E-state index contributed by atoms with van der Waals surface area (Å²) in [5.41, 5.74) is -0.452. The van der Waals surface area contributed by atoms with E-state index in [2.05, 4.69) is 11.8 Å². The van der Waals surface area contributed by atoms with Crippen LogP contribution in [0.4, 0.5) is 0 Å². The summed E-state index contributed by atoms with van der Waals surface area (Å²) in [6.45, 7) is 5.35. The molecule has 1 atom stereocenters. The molecule has 1 N–H and O–H groups in total. The lowest BCUT2D eigenvalue weighted by Crippen LogP contribution is -2.15. The summed E-state index contributed by atoms with van der Waals surface area (Å²) in [6, 6.07) is 0. The fraction of sp³-hybridized carbons (Fsp3) is 1.00. The predicted octanol–water partition coefficient (Wildman–Crippen LogP) is 2.26. The van der Waals surface area contributed by atoms with Crippen LogP contribution >= 0.6 is 17.1 Å². The molecule has 0 aromatic rings. The van der Waals surface area contributed by atoms with Gasteiger partial charge in [-0.1, -0.05) is 0 Å². The van der Waals surface area contributed by atoms with Gasteiger partial charge in [-0.25, -0.2) is 0 Å². The Kier molecular flexibility index (Phi) is 3.12. The highest BCUT2D eigenvalue weighted by Crippen LogP contribution is 2.51. The van der Waals surface area contributed by atoms with Gasteiger partial charge in [0, 0.05) is 0 Å². The van der Waals surface area contributed by atoms with Gasteiger partial charge in [-0.05, 0) is 43.8 Å². The largest absolute Gasteiger partial charge is 0.334 e. The van der Waals surface area contributed by atoms with Crippen LogP contribution in [0.2, 0.25) is 0 Å². The second kappa shape index (κ2) is 2.85. The van der Waals surface area contributed by atoms with Crippen LogP contribution in [0.15, 0.2) is 0 Å². The summed E-state index contributed by atoms with van der Waals surface area (Å²) in [6.07, 6.45) is 0. The Morgan fingerprint density at radius 2 is 1.89 bits per heavy atom. The van der Waals surface area contributed by atoms with E-state index in [1.54, 1.807) is 20.8 Å². The van der Waals surface area contributed by atoms with Crippen LogP contribution in [0.3, 0.4) is 0 Å². The molecule has 0 heterocycles. The highest BCUT2D eigenvalue weighted by atomic mass is 35.7. The van der Waals surface area contributed by atoms with Crippen LogP contribution < -0.4 is 0 Å². The number of halogens is 1. The van der Waals surface area contributed by atoms with Crippen molar-refractivity contribution in [2.24, 2.45) is 0 Å². The van der Waals surface area contributed by atoms with Gasteiger partial charge >= 0.3 is 0 Å². The van der Waals surface area contributed by atoms with Crippen molar-refractivity contribution in [2.45, 2.75) is 26.4 Å². The quantitative estimate of drug-likeness (QED) is 0.640. The number of hydrogen-bond donors (Lipinski definition) is 1. The Bertz CT molecular complexity index is 136. The van der Waals surface area contributed by atoms with E-state index in [0.29, 0.717) is 0 Å². The zero-order valence-corrected chi connectivity index (χ0v) is 8.06. The van der Waals surface area contributed by atoms with Gasteiger partial charge in [-0.3, -0.25) is 0 Å². The maximum Gasteiger partial charge on any atom is 0.279 e. The summed E-state index contributed by atoms with van der Waals surface area (Å²) in [7, 11) is 0. The van der Waals surface area contributed by atoms with Crippen molar-refractivity contribution in [1.82, 2.24) is 0 Å². The molecule has 0 aliphatic rings. The minimum absolute atomic E-state index is 0.452. The van der Waals surface area contributed by atoms with E-state index in [0.717, 1.165) is 0 Å². The van der Waals surface area contributed by atoms with E-state index < -0.39 is 11.4 Å². The first kappa shape index (κ1) is 9.86. The highest BCUT2D eigenvalue weighted by molar-refractivity contribution is 8.21. The van der Waals surface area contributed by atoms with Gasteiger partial charge in [0.15, 0.2) is 0 Å². The second-order valence-corrected chi connectivity index (χ2v) is 7.20. The van der Waals surface area contributed by atoms with Crippen molar-refractivity contribution in [3.8, 4) is 0 Å². The first-order chi connectivity index (χ1) is 3.71. The molecular weight excluding hydrogens is 179 g/mol. The molecule has 0 fully saturated rings. The molecule has 0 rings (SSSR count). The minimum atomic E-state index is -2.98. The summed E-state index contributed by atoms with van der Waals surface area (Å²) >= 11 is 9.72. The van der Waals surface area contributed by atoms with Gasteiger partial charge in [-0.2, -0.15) is 0 Å². The molecule has 0 amide bonds. The average Bonchev–Trinajstić information content (AvgIpc) is 1.14. The number of rotatable bonds is 1. The van der Waals surface area contributed by atoms with Crippen molar-refractivity contribution >= 4 is 28.9 Å². The smallest absolute Gasteiger partial charge is 0.279 e. The molecule has 2 nitrogen and oxygen atoms in total. The SMILES string of the molecule is CC(C)(C)OP(O)(=S)Cl. The zero-order valence-electron chi connectivity index (χ0n) is 5.59. The standard InChI is InChI=1S/C4H10ClO2PS/c1-4(2,3)7-8(5,6)9/h1-3H3,(H,6,9). The molecule has 0 saturated carbocycles. The first-order valence-corrected chi connectivity index (χ1v) is 6.02. The Hall–Kier alpha value is 0.860. The number of hydrogen-bond acceptors (Lipinski definition) is 2. The van der Waals surface area contributed by atoms with Crippen LogP contribution in [-0.2, 0) is 16.3 Å². The van der Waals surface area contributed by atoms with Crippen LogP contribution in [0, 0.1) is 0 Å². The van der Waals surface area contributed by atoms with Crippen molar-refractivity contribution in [3.05, 3.63) is 0 Å². The fourth-order valence-corrected chi connectivity index (χ4v) is 2.31. The Morgan fingerprint density at radius 3 is 1.89 bits per heavy atom. The van der Waals surface area contributed by atoms with Crippen LogP contribution in [-0.4, -0.2) is 10.5 Å². The molecule has 9 heavy (non-hydrogen) atoms. The maximum absolute atomic E-state index is 8.82. The maximum atomic E-state index is 8.82. The van der Waals surface area contributed by atoms with Crippen LogP contribution in [0.5, 0.6) is 0 Å². The van der Waals surface area contributed by atoms with E-state index in [1.165, 1.54) is 0 Å². The lowest BCUT2D eigenvalue weighted by atomic mass is 10.2. The van der Waals surface area contributed by atoms with Gasteiger partial charge in [-0.15, -0.1) is 0 Å². The van der Waals surface area contributed by atoms with Gasteiger partial charge in [0.05, 0.1) is 5.60 Å². The predicted molar refractivity (Wildman–Crippen MR) is 43.2 cm³/mol. The minimum Gasteiger partial charge on any atom is -0.334 e. The van der Waals surface area contributed by atoms with Crippen molar-refractivity contribution in [1.29, 1.82) is 0 Å². The lowest BCUT2D eigenvalue weighted by Gasteiger charge is -2.21. The zero-order chi connectivity index (χ0) is 7.71. The van der Waals surface area contributed by atoms with Gasteiger partial charge < -0.3 is 9.42 Å². The molecule has 56 valence electrons. The van der Waals surface area contributed by atoms with Crippen LogP contribution in [0.1, 0.15) is 20.8 Å². The third-order valence-electron chi connectivity index (χ3n) is 0.386. The summed E-state index contributed by atoms with van der Waals surface area (Å²) in [5.74, 6) is -2.98.